The summed E-state index contributed by atoms with van der Waals surface area (Å²) in [6, 6.07) is 0. The van der Waals surface area contributed by atoms with Crippen LogP contribution in [0.4, 0.5) is 8.78 Å². The van der Waals surface area contributed by atoms with Crippen LogP contribution in [0.5, 0.6) is 0 Å². The molecule has 0 radical (unpaired) electrons. The molecular formula is C25H34F2O5. The van der Waals surface area contributed by atoms with Crippen molar-refractivity contribution in [2.24, 2.45) is 40.9 Å². The number of rotatable bonds is 6. The lowest BCUT2D eigenvalue weighted by atomic mass is 9.48. The summed E-state index contributed by atoms with van der Waals surface area (Å²) in [4.78, 5) is 25.3. The Kier molecular flexibility index (Phi) is 4.75. The lowest BCUT2D eigenvalue weighted by molar-refractivity contribution is -0.231. The summed E-state index contributed by atoms with van der Waals surface area (Å²) in [7, 11) is 0. The molecular weight excluding hydrogens is 418 g/mol. The van der Waals surface area contributed by atoms with Crippen LogP contribution in [0.15, 0.2) is 0 Å². The number of ether oxygens (including phenoxy) is 3. The van der Waals surface area contributed by atoms with Gasteiger partial charge in [0.15, 0.2) is 6.79 Å². The van der Waals surface area contributed by atoms with E-state index >= 15 is 0 Å². The monoisotopic (exact) mass is 452 g/mol. The van der Waals surface area contributed by atoms with Crippen molar-refractivity contribution in [2.45, 2.75) is 95.2 Å². The Bertz CT molecular complexity index is 763. The fourth-order valence-corrected chi connectivity index (χ4v) is 9.29. The summed E-state index contributed by atoms with van der Waals surface area (Å²) in [5, 5.41) is 0. The normalized spacial score (nSPS) is 48.2. The molecule has 8 aliphatic carbocycles. The van der Waals surface area contributed by atoms with Crippen LogP contribution in [-0.2, 0) is 23.8 Å². The molecule has 7 heteroatoms. The first-order chi connectivity index (χ1) is 15.1. The first-order valence-corrected chi connectivity index (χ1v) is 12.5. The summed E-state index contributed by atoms with van der Waals surface area (Å²) in [6.07, 6.45) is 10.4. The zero-order chi connectivity index (χ0) is 22.3. The molecule has 0 saturated heterocycles. The van der Waals surface area contributed by atoms with E-state index in [2.05, 4.69) is 0 Å². The minimum absolute atomic E-state index is 0.0251. The van der Waals surface area contributed by atoms with Gasteiger partial charge in [-0.2, -0.15) is 8.78 Å². The Balaban J connectivity index is 1.10. The van der Waals surface area contributed by atoms with Crippen LogP contribution >= 0.6 is 0 Å². The van der Waals surface area contributed by atoms with Crippen molar-refractivity contribution in [3.8, 4) is 0 Å². The predicted octanol–water partition coefficient (Wildman–Crippen LogP) is 4.87. The summed E-state index contributed by atoms with van der Waals surface area (Å²) in [5.41, 5.74) is -1.69. The smallest absolute Gasteiger partial charge is 0.377 e. The van der Waals surface area contributed by atoms with Crippen LogP contribution in [-0.4, -0.2) is 36.4 Å². The molecule has 5 nitrogen and oxygen atoms in total. The maximum atomic E-state index is 13.5. The van der Waals surface area contributed by atoms with Gasteiger partial charge in [-0.15, -0.1) is 0 Å². The average molecular weight is 453 g/mol. The number of halogens is 2. The lowest BCUT2D eigenvalue weighted by Gasteiger charge is -2.59. The van der Waals surface area contributed by atoms with Crippen molar-refractivity contribution >= 4 is 11.9 Å². The third-order valence-corrected chi connectivity index (χ3v) is 9.70. The number of carbonyl (C=O) groups excluding carboxylic acids is 2. The van der Waals surface area contributed by atoms with E-state index in [1.807, 2.05) is 0 Å². The maximum Gasteiger partial charge on any atom is 0.377 e. The highest BCUT2D eigenvalue weighted by Crippen LogP contribution is 2.63. The first kappa shape index (κ1) is 21.3. The topological polar surface area (TPSA) is 61.8 Å². The third-order valence-electron chi connectivity index (χ3n) is 9.70. The molecule has 2 atom stereocenters. The Labute approximate surface area is 187 Å². The number of hydrogen-bond acceptors (Lipinski definition) is 5. The second-order valence-electron chi connectivity index (χ2n) is 12.3. The zero-order valence-electron chi connectivity index (χ0n) is 18.8. The van der Waals surface area contributed by atoms with E-state index in [0.717, 1.165) is 18.3 Å². The van der Waals surface area contributed by atoms with Crippen molar-refractivity contribution in [3.05, 3.63) is 0 Å². The van der Waals surface area contributed by atoms with E-state index in [-0.39, 0.29) is 30.7 Å². The van der Waals surface area contributed by atoms with Crippen molar-refractivity contribution in [1.82, 2.24) is 0 Å². The standard InChI is InChI=1S/C25H34F2O5/c1-23(26,27)21(28)32-25-10-16-3-17(11-25)9-24(8-16,12-25)22(29)31-13-30-20-18-4-14-2-15(6-18)7-19(20)5-14/h14-20H,2-13H2,1H3. The van der Waals surface area contributed by atoms with Gasteiger partial charge in [0.1, 0.15) is 5.60 Å². The largest absolute Gasteiger partial charge is 0.455 e. The van der Waals surface area contributed by atoms with Crippen LogP contribution in [0.2, 0.25) is 0 Å². The number of esters is 2. The van der Waals surface area contributed by atoms with E-state index in [9.17, 15) is 18.4 Å². The maximum absolute atomic E-state index is 13.5. The number of hydrogen-bond donors (Lipinski definition) is 0. The molecule has 0 spiro atoms. The predicted molar refractivity (Wildman–Crippen MR) is 109 cm³/mol. The van der Waals surface area contributed by atoms with Crippen LogP contribution < -0.4 is 0 Å². The molecule has 8 saturated carbocycles. The third kappa shape index (κ3) is 3.48. The van der Waals surface area contributed by atoms with Gasteiger partial charge < -0.3 is 14.2 Å². The Morgan fingerprint density at radius 3 is 2.00 bits per heavy atom. The minimum atomic E-state index is -3.52. The van der Waals surface area contributed by atoms with Crippen molar-refractivity contribution in [3.63, 3.8) is 0 Å². The molecule has 0 aromatic carbocycles. The van der Waals surface area contributed by atoms with Gasteiger partial charge in [-0.05, 0) is 99.7 Å². The van der Waals surface area contributed by atoms with E-state index in [1.54, 1.807) is 0 Å². The van der Waals surface area contributed by atoms with Gasteiger partial charge in [0.05, 0.1) is 11.5 Å². The quantitative estimate of drug-likeness (QED) is 0.425. The van der Waals surface area contributed by atoms with Gasteiger partial charge in [0.25, 0.3) is 0 Å². The highest BCUT2D eigenvalue weighted by Gasteiger charge is 2.63. The van der Waals surface area contributed by atoms with Crippen molar-refractivity contribution in [2.75, 3.05) is 6.79 Å². The fourth-order valence-electron chi connectivity index (χ4n) is 9.29. The van der Waals surface area contributed by atoms with Gasteiger partial charge in [0.2, 0.25) is 0 Å². The molecule has 2 unspecified atom stereocenters. The minimum Gasteiger partial charge on any atom is -0.455 e. The second kappa shape index (κ2) is 7.13. The van der Waals surface area contributed by atoms with Crippen molar-refractivity contribution < 1.29 is 32.6 Å². The van der Waals surface area contributed by atoms with Gasteiger partial charge in [0, 0.05) is 13.3 Å². The Morgan fingerprint density at radius 2 is 1.44 bits per heavy atom. The highest BCUT2D eigenvalue weighted by molar-refractivity contribution is 5.79. The molecule has 8 fully saturated rings. The van der Waals surface area contributed by atoms with Crippen molar-refractivity contribution in [1.29, 1.82) is 0 Å². The lowest BCUT2D eigenvalue weighted by Crippen LogP contribution is -2.60. The average Bonchev–Trinajstić information content (AvgIpc) is 2.67. The molecule has 0 aromatic heterocycles. The number of carbonyl (C=O) groups is 2. The Hall–Kier alpha value is -1.24. The summed E-state index contributed by atoms with van der Waals surface area (Å²) in [5.74, 6) is -1.94. The van der Waals surface area contributed by atoms with Gasteiger partial charge in [-0.25, -0.2) is 4.79 Å². The van der Waals surface area contributed by atoms with Gasteiger partial charge in [-0.3, -0.25) is 4.79 Å². The molecule has 0 aliphatic heterocycles. The molecule has 0 aromatic rings. The molecule has 32 heavy (non-hydrogen) atoms. The van der Waals surface area contributed by atoms with Crippen LogP contribution in [0.25, 0.3) is 0 Å². The zero-order valence-corrected chi connectivity index (χ0v) is 18.8. The molecule has 8 bridgehead atoms. The van der Waals surface area contributed by atoms with E-state index < -0.39 is 22.9 Å². The fraction of sp³-hybridized carbons (Fsp3) is 0.920. The second-order valence-corrected chi connectivity index (χ2v) is 12.3. The molecule has 178 valence electrons. The molecule has 0 amide bonds. The van der Waals surface area contributed by atoms with E-state index in [4.69, 9.17) is 14.2 Å². The molecule has 8 aliphatic rings. The summed E-state index contributed by atoms with van der Waals surface area (Å²) >= 11 is 0. The summed E-state index contributed by atoms with van der Waals surface area (Å²) in [6.45, 7) is 0.546. The highest BCUT2D eigenvalue weighted by atomic mass is 19.3. The van der Waals surface area contributed by atoms with Crippen LogP contribution in [0.1, 0.15) is 77.6 Å². The van der Waals surface area contributed by atoms with E-state index in [1.165, 1.54) is 32.1 Å². The van der Waals surface area contributed by atoms with Gasteiger partial charge in [-0.1, -0.05) is 0 Å². The molecule has 8 rings (SSSR count). The summed E-state index contributed by atoms with van der Waals surface area (Å²) < 4.78 is 44.4. The molecule has 0 heterocycles. The number of alkyl halides is 2. The Morgan fingerprint density at radius 1 is 0.875 bits per heavy atom. The SMILES string of the molecule is CC(F)(F)C(=O)OC12CC3CC(C1)CC(C(=O)OCOC1C4CC5CC(C4)CC1C5)(C3)C2. The van der Waals surface area contributed by atoms with Gasteiger partial charge >= 0.3 is 17.9 Å². The molecule has 0 N–H and O–H groups in total. The van der Waals surface area contributed by atoms with Crippen LogP contribution in [0, 0.1) is 40.9 Å². The van der Waals surface area contributed by atoms with E-state index in [0.29, 0.717) is 50.9 Å². The first-order valence-electron chi connectivity index (χ1n) is 12.5. The van der Waals surface area contributed by atoms with Crippen LogP contribution in [0.3, 0.4) is 0 Å².